The number of ether oxygens (including phenoxy) is 1. The Kier molecular flexibility index (Phi) is 2.12. The van der Waals surface area contributed by atoms with E-state index in [2.05, 4.69) is 30.6 Å². The molecule has 1 saturated heterocycles. The number of nitrogens with two attached hydrogens (primary N) is 1. The molecule has 1 atom stereocenters. The highest BCUT2D eigenvalue weighted by Gasteiger charge is 2.56. The minimum atomic E-state index is 0.0727. The zero-order valence-corrected chi connectivity index (χ0v) is 10.9. The third-order valence-electron chi connectivity index (χ3n) is 3.95. The number of hydrogen-bond acceptors (Lipinski definition) is 3. The molecule has 17 heavy (non-hydrogen) atoms. The van der Waals surface area contributed by atoms with E-state index in [0.717, 1.165) is 13.0 Å². The van der Waals surface area contributed by atoms with Crippen molar-refractivity contribution in [3.05, 3.63) is 11.8 Å². The summed E-state index contributed by atoms with van der Waals surface area (Å²) in [4.78, 5) is 0. The predicted octanol–water partition coefficient (Wildman–Crippen LogP) is 2.26. The SMILES string of the molecule is CC(C)(C)c1cc(N)nn1C1CCOC12CC2. The van der Waals surface area contributed by atoms with Crippen LogP contribution in [0.15, 0.2) is 6.07 Å². The Hall–Kier alpha value is -1.03. The summed E-state index contributed by atoms with van der Waals surface area (Å²) >= 11 is 0. The van der Waals surface area contributed by atoms with E-state index in [-0.39, 0.29) is 11.0 Å². The molecule has 1 aromatic heterocycles. The maximum atomic E-state index is 5.89. The van der Waals surface area contributed by atoms with E-state index in [1.807, 2.05) is 6.07 Å². The molecule has 1 saturated carbocycles. The Balaban J connectivity index is 2.03. The molecule has 0 amide bonds. The van der Waals surface area contributed by atoms with E-state index in [1.54, 1.807) is 0 Å². The van der Waals surface area contributed by atoms with Gasteiger partial charge in [0.2, 0.25) is 0 Å². The van der Waals surface area contributed by atoms with Gasteiger partial charge in [0, 0.05) is 23.8 Å². The summed E-state index contributed by atoms with van der Waals surface area (Å²) in [6.07, 6.45) is 3.40. The second-order valence-electron chi connectivity index (χ2n) is 6.37. The number of aromatic nitrogens is 2. The molecule has 2 N–H and O–H groups in total. The third-order valence-corrected chi connectivity index (χ3v) is 3.95. The van der Waals surface area contributed by atoms with Crippen LogP contribution in [0.1, 0.15) is 51.8 Å². The Bertz CT molecular complexity index is 440. The molecular weight excluding hydrogens is 214 g/mol. The van der Waals surface area contributed by atoms with E-state index in [0.29, 0.717) is 11.9 Å². The lowest BCUT2D eigenvalue weighted by molar-refractivity contribution is 0.0668. The topological polar surface area (TPSA) is 53.1 Å². The van der Waals surface area contributed by atoms with E-state index < -0.39 is 0 Å². The first kappa shape index (κ1) is 11.1. The van der Waals surface area contributed by atoms with Crippen molar-refractivity contribution in [3.63, 3.8) is 0 Å². The van der Waals surface area contributed by atoms with Gasteiger partial charge in [-0.2, -0.15) is 5.10 Å². The Labute approximate surface area is 102 Å². The van der Waals surface area contributed by atoms with Crippen molar-refractivity contribution in [3.8, 4) is 0 Å². The number of hydrogen-bond donors (Lipinski definition) is 1. The van der Waals surface area contributed by atoms with Gasteiger partial charge in [0.1, 0.15) is 5.82 Å². The van der Waals surface area contributed by atoms with Gasteiger partial charge in [-0.15, -0.1) is 0 Å². The first-order valence-corrected chi connectivity index (χ1v) is 6.42. The average molecular weight is 235 g/mol. The zero-order chi connectivity index (χ0) is 12.3. The molecule has 4 nitrogen and oxygen atoms in total. The summed E-state index contributed by atoms with van der Waals surface area (Å²) in [6.45, 7) is 7.47. The van der Waals surface area contributed by atoms with Gasteiger partial charge in [-0.25, -0.2) is 0 Å². The van der Waals surface area contributed by atoms with Crippen LogP contribution in [-0.2, 0) is 10.2 Å². The van der Waals surface area contributed by atoms with Crippen LogP contribution in [0.3, 0.4) is 0 Å². The van der Waals surface area contributed by atoms with Crippen LogP contribution in [-0.4, -0.2) is 22.0 Å². The summed E-state index contributed by atoms with van der Waals surface area (Å²) in [6, 6.07) is 2.39. The van der Waals surface area contributed by atoms with Crippen LogP contribution in [0.4, 0.5) is 5.82 Å². The molecule has 2 fully saturated rings. The second kappa shape index (κ2) is 3.25. The second-order valence-corrected chi connectivity index (χ2v) is 6.37. The molecule has 1 unspecified atom stereocenters. The maximum Gasteiger partial charge on any atom is 0.145 e. The molecule has 1 aliphatic carbocycles. The number of anilines is 1. The van der Waals surface area contributed by atoms with Gasteiger partial charge in [-0.3, -0.25) is 4.68 Å². The van der Waals surface area contributed by atoms with Gasteiger partial charge in [-0.1, -0.05) is 20.8 Å². The third kappa shape index (κ3) is 1.66. The van der Waals surface area contributed by atoms with Crippen molar-refractivity contribution in [1.29, 1.82) is 0 Å². The van der Waals surface area contributed by atoms with E-state index >= 15 is 0 Å². The Morgan fingerprint density at radius 3 is 2.76 bits per heavy atom. The molecule has 1 aliphatic heterocycles. The van der Waals surface area contributed by atoms with E-state index in [9.17, 15) is 0 Å². The van der Waals surface area contributed by atoms with Crippen LogP contribution in [0.2, 0.25) is 0 Å². The highest BCUT2D eigenvalue weighted by Crippen LogP contribution is 2.54. The Morgan fingerprint density at radius 1 is 1.47 bits per heavy atom. The molecule has 0 aromatic carbocycles. The van der Waals surface area contributed by atoms with Gasteiger partial charge < -0.3 is 10.5 Å². The van der Waals surface area contributed by atoms with E-state index in [4.69, 9.17) is 10.5 Å². The lowest BCUT2D eigenvalue weighted by Gasteiger charge is -2.26. The van der Waals surface area contributed by atoms with Crippen LogP contribution in [0.25, 0.3) is 0 Å². The minimum absolute atomic E-state index is 0.0727. The summed E-state index contributed by atoms with van der Waals surface area (Å²) in [5.74, 6) is 0.623. The van der Waals surface area contributed by atoms with Crippen molar-refractivity contribution in [2.24, 2.45) is 0 Å². The predicted molar refractivity (Wildman–Crippen MR) is 66.9 cm³/mol. The first-order valence-electron chi connectivity index (χ1n) is 6.42. The summed E-state index contributed by atoms with van der Waals surface area (Å²) in [7, 11) is 0. The molecule has 3 rings (SSSR count). The molecule has 1 aromatic rings. The fourth-order valence-electron chi connectivity index (χ4n) is 2.89. The van der Waals surface area contributed by atoms with Gasteiger partial charge in [0.15, 0.2) is 0 Å². The summed E-state index contributed by atoms with van der Waals surface area (Å²) in [5.41, 5.74) is 7.25. The smallest absolute Gasteiger partial charge is 0.145 e. The minimum Gasteiger partial charge on any atom is -0.382 e. The molecule has 0 radical (unpaired) electrons. The fraction of sp³-hybridized carbons (Fsp3) is 0.769. The van der Waals surface area contributed by atoms with Crippen molar-refractivity contribution in [1.82, 2.24) is 9.78 Å². The zero-order valence-electron chi connectivity index (χ0n) is 10.9. The van der Waals surface area contributed by atoms with Gasteiger partial charge in [0.25, 0.3) is 0 Å². The lowest BCUT2D eigenvalue weighted by atomic mass is 9.91. The van der Waals surface area contributed by atoms with Crippen LogP contribution in [0, 0.1) is 0 Å². The van der Waals surface area contributed by atoms with Crippen molar-refractivity contribution >= 4 is 5.82 Å². The summed E-state index contributed by atoms with van der Waals surface area (Å²) < 4.78 is 8.03. The standard InChI is InChI=1S/C13H21N3O/c1-12(2,3)10-8-11(14)15-16(10)9-4-7-17-13(9)5-6-13/h8-9H,4-7H2,1-3H3,(H2,14,15). The van der Waals surface area contributed by atoms with Gasteiger partial charge >= 0.3 is 0 Å². The van der Waals surface area contributed by atoms with E-state index in [1.165, 1.54) is 18.5 Å². The molecule has 2 aliphatic rings. The number of rotatable bonds is 1. The van der Waals surface area contributed by atoms with Crippen molar-refractivity contribution in [2.45, 2.75) is 57.1 Å². The molecule has 4 heteroatoms. The monoisotopic (exact) mass is 235 g/mol. The van der Waals surface area contributed by atoms with Gasteiger partial charge in [-0.05, 0) is 19.3 Å². The maximum absolute atomic E-state index is 5.89. The highest BCUT2D eigenvalue weighted by molar-refractivity contribution is 5.34. The normalized spacial score (nSPS) is 26.6. The van der Waals surface area contributed by atoms with Crippen LogP contribution in [0.5, 0.6) is 0 Å². The quantitative estimate of drug-likeness (QED) is 0.812. The van der Waals surface area contributed by atoms with Gasteiger partial charge in [0.05, 0.1) is 11.6 Å². The molecule has 94 valence electrons. The average Bonchev–Trinajstić information content (AvgIpc) is 2.67. The summed E-state index contributed by atoms with van der Waals surface area (Å²) in [5, 5.41) is 4.51. The largest absolute Gasteiger partial charge is 0.382 e. The highest BCUT2D eigenvalue weighted by atomic mass is 16.5. The number of nitrogen functional groups attached to an aromatic ring is 1. The lowest BCUT2D eigenvalue weighted by Crippen LogP contribution is -2.28. The Morgan fingerprint density at radius 2 is 2.18 bits per heavy atom. The first-order chi connectivity index (χ1) is 7.92. The molecular formula is C13H21N3O. The molecule has 2 heterocycles. The van der Waals surface area contributed by atoms with Crippen molar-refractivity contribution < 1.29 is 4.74 Å². The van der Waals surface area contributed by atoms with Crippen molar-refractivity contribution in [2.75, 3.05) is 12.3 Å². The molecule has 0 bridgehead atoms. The fourth-order valence-corrected chi connectivity index (χ4v) is 2.89. The van der Waals surface area contributed by atoms with Crippen LogP contribution < -0.4 is 5.73 Å². The number of nitrogens with zero attached hydrogens (tertiary/aromatic N) is 2. The molecule has 1 spiro atoms. The van der Waals surface area contributed by atoms with Crippen LogP contribution >= 0.6 is 0 Å².